The van der Waals surface area contributed by atoms with Gasteiger partial charge in [0.1, 0.15) is 0 Å². The molecular weight excluding hydrogens is 364 g/mol. The molecule has 0 radical (unpaired) electrons. The first-order valence-corrected chi connectivity index (χ1v) is 9.47. The number of amides is 1. The fraction of sp³-hybridized carbons (Fsp3) is 0.350. The summed E-state index contributed by atoms with van der Waals surface area (Å²) in [6.07, 6.45) is 6.10. The number of carbonyl (C=O) groups excluding carboxylic acids is 1. The first-order chi connectivity index (χ1) is 13.2. The number of halogens is 1. The third kappa shape index (κ3) is 4.28. The second kappa shape index (κ2) is 8.06. The number of benzene rings is 1. The van der Waals surface area contributed by atoms with Crippen molar-refractivity contribution in [2.75, 3.05) is 37.7 Å². The van der Waals surface area contributed by atoms with Gasteiger partial charge < -0.3 is 14.5 Å². The number of fused-ring (bicyclic) bond motifs is 1. The largest absolute Gasteiger partial charge is 0.378 e. The number of anilines is 1. The van der Waals surface area contributed by atoms with Crippen molar-refractivity contribution < 1.29 is 9.53 Å². The highest BCUT2D eigenvalue weighted by Crippen LogP contribution is 2.20. The van der Waals surface area contributed by atoms with Crippen LogP contribution in [0.4, 0.5) is 5.95 Å². The zero-order chi connectivity index (χ0) is 18.6. The topological polar surface area (TPSA) is 58.6 Å². The predicted molar refractivity (Wildman–Crippen MR) is 105 cm³/mol. The Morgan fingerprint density at radius 1 is 1.15 bits per heavy atom. The zero-order valence-electron chi connectivity index (χ0n) is 15.0. The normalized spacial score (nSPS) is 17.2. The van der Waals surface area contributed by atoms with E-state index in [9.17, 15) is 4.79 Å². The van der Waals surface area contributed by atoms with Gasteiger partial charge in [0.2, 0.25) is 11.9 Å². The summed E-state index contributed by atoms with van der Waals surface area (Å²) in [5, 5.41) is 0.682. The van der Waals surface area contributed by atoms with Gasteiger partial charge >= 0.3 is 0 Å². The van der Waals surface area contributed by atoms with E-state index in [1.54, 1.807) is 6.08 Å². The molecule has 7 heteroatoms. The molecule has 1 aromatic heterocycles. The van der Waals surface area contributed by atoms with E-state index in [4.69, 9.17) is 21.3 Å². The molecule has 2 aromatic rings. The van der Waals surface area contributed by atoms with Crippen molar-refractivity contribution in [1.29, 1.82) is 0 Å². The van der Waals surface area contributed by atoms with E-state index in [-0.39, 0.29) is 5.91 Å². The smallest absolute Gasteiger partial charge is 0.246 e. The minimum absolute atomic E-state index is 0.0119. The van der Waals surface area contributed by atoms with E-state index < -0.39 is 0 Å². The Morgan fingerprint density at radius 3 is 2.70 bits per heavy atom. The molecule has 2 aliphatic rings. The van der Waals surface area contributed by atoms with Crippen molar-refractivity contribution in [2.45, 2.75) is 13.0 Å². The summed E-state index contributed by atoms with van der Waals surface area (Å²) in [6.45, 7) is 4.17. The van der Waals surface area contributed by atoms with Crippen molar-refractivity contribution in [3.63, 3.8) is 0 Å². The summed E-state index contributed by atoms with van der Waals surface area (Å²) in [5.41, 5.74) is 3.01. The van der Waals surface area contributed by atoms with Crippen LogP contribution in [0.3, 0.4) is 0 Å². The SMILES string of the molecule is O=C(/C=C/c1ccc(Cl)cc1)N1CCc2cnc(N3CCOCC3)nc2C1. The third-order valence-corrected chi connectivity index (χ3v) is 5.08. The highest BCUT2D eigenvalue weighted by atomic mass is 35.5. The monoisotopic (exact) mass is 384 g/mol. The Morgan fingerprint density at radius 2 is 1.93 bits per heavy atom. The lowest BCUT2D eigenvalue weighted by Gasteiger charge is -2.30. The maximum Gasteiger partial charge on any atom is 0.246 e. The van der Waals surface area contributed by atoms with Gasteiger partial charge in [-0.2, -0.15) is 0 Å². The Kier molecular flexibility index (Phi) is 5.36. The van der Waals surface area contributed by atoms with Gasteiger partial charge in [-0.25, -0.2) is 9.97 Å². The minimum Gasteiger partial charge on any atom is -0.378 e. The standard InChI is InChI=1S/C20H21ClN4O2/c21-17-4-1-15(2-5-17)3-6-19(26)25-8-7-16-13-22-20(23-18(16)14-25)24-9-11-27-12-10-24/h1-6,13H,7-12,14H2/b6-3+. The van der Waals surface area contributed by atoms with Crippen molar-refractivity contribution in [3.8, 4) is 0 Å². The molecule has 6 nitrogen and oxygen atoms in total. The molecular formula is C20H21ClN4O2. The average molecular weight is 385 g/mol. The van der Waals surface area contributed by atoms with Crippen molar-refractivity contribution in [2.24, 2.45) is 0 Å². The van der Waals surface area contributed by atoms with Crippen LogP contribution < -0.4 is 4.90 Å². The van der Waals surface area contributed by atoms with Crippen LogP contribution in [0.1, 0.15) is 16.8 Å². The van der Waals surface area contributed by atoms with Crippen LogP contribution in [-0.2, 0) is 22.5 Å². The lowest BCUT2D eigenvalue weighted by Crippen LogP contribution is -2.39. The van der Waals surface area contributed by atoms with E-state index >= 15 is 0 Å². The van der Waals surface area contributed by atoms with E-state index in [0.29, 0.717) is 31.3 Å². The van der Waals surface area contributed by atoms with Gasteiger partial charge in [-0.1, -0.05) is 23.7 Å². The molecule has 140 valence electrons. The third-order valence-electron chi connectivity index (χ3n) is 4.83. The Labute approximate surface area is 163 Å². The van der Waals surface area contributed by atoms with Crippen LogP contribution in [0, 0.1) is 0 Å². The number of aromatic nitrogens is 2. The number of carbonyl (C=O) groups is 1. The number of hydrogen-bond donors (Lipinski definition) is 0. The van der Waals surface area contributed by atoms with Gasteiger partial charge in [0, 0.05) is 36.9 Å². The molecule has 1 aromatic carbocycles. The molecule has 0 saturated carbocycles. The number of hydrogen-bond acceptors (Lipinski definition) is 5. The number of ether oxygens (including phenoxy) is 1. The van der Waals surface area contributed by atoms with Crippen LogP contribution in [0.25, 0.3) is 6.08 Å². The van der Waals surface area contributed by atoms with Gasteiger partial charge in [0.05, 0.1) is 25.5 Å². The van der Waals surface area contributed by atoms with Crippen LogP contribution in [0.2, 0.25) is 5.02 Å². The van der Waals surface area contributed by atoms with Gasteiger partial charge in [-0.05, 0) is 35.8 Å². The molecule has 27 heavy (non-hydrogen) atoms. The fourth-order valence-electron chi connectivity index (χ4n) is 3.24. The van der Waals surface area contributed by atoms with Crippen LogP contribution >= 0.6 is 11.6 Å². The van der Waals surface area contributed by atoms with Crippen molar-refractivity contribution in [3.05, 3.63) is 58.4 Å². The Balaban J connectivity index is 1.45. The molecule has 0 spiro atoms. The van der Waals surface area contributed by atoms with Crippen LogP contribution in [0.15, 0.2) is 36.5 Å². The number of nitrogens with zero attached hydrogens (tertiary/aromatic N) is 4. The summed E-state index contributed by atoms with van der Waals surface area (Å²) in [6, 6.07) is 7.40. The molecule has 0 unspecified atom stereocenters. The molecule has 1 fully saturated rings. The average Bonchev–Trinajstić information content (AvgIpc) is 2.73. The maximum atomic E-state index is 12.6. The Bertz CT molecular complexity index is 848. The van der Waals surface area contributed by atoms with Gasteiger partial charge in [0.15, 0.2) is 0 Å². The predicted octanol–water partition coefficient (Wildman–Crippen LogP) is 2.56. The van der Waals surface area contributed by atoms with Gasteiger partial charge in [0.25, 0.3) is 0 Å². The highest BCUT2D eigenvalue weighted by Gasteiger charge is 2.23. The van der Waals surface area contributed by atoms with Gasteiger partial charge in [-0.3, -0.25) is 4.79 Å². The summed E-state index contributed by atoms with van der Waals surface area (Å²) in [4.78, 5) is 25.8. The summed E-state index contributed by atoms with van der Waals surface area (Å²) >= 11 is 5.89. The molecule has 0 bridgehead atoms. The second-order valence-corrected chi connectivity index (χ2v) is 7.07. The maximum absolute atomic E-state index is 12.6. The van der Waals surface area contributed by atoms with E-state index in [2.05, 4.69) is 9.88 Å². The molecule has 4 rings (SSSR count). The van der Waals surface area contributed by atoms with Crippen molar-refractivity contribution >= 4 is 29.5 Å². The molecule has 3 heterocycles. The fourth-order valence-corrected chi connectivity index (χ4v) is 3.37. The van der Waals surface area contributed by atoms with E-state index in [0.717, 1.165) is 42.3 Å². The summed E-state index contributed by atoms with van der Waals surface area (Å²) in [7, 11) is 0. The number of rotatable bonds is 3. The molecule has 0 aliphatic carbocycles. The van der Waals surface area contributed by atoms with Crippen LogP contribution in [0.5, 0.6) is 0 Å². The molecule has 0 N–H and O–H groups in total. The number of morpholine rings is 1. The molecule has 1 saturated heterocycles. The molecule has 0 atom stereocenters. The summed E-state index contributed by atoms with van der Waals surface area (Å²) in [5.74, 6) is 0.713. The van der Waals surface area contributed by atoms with Crippen molar-refractivity contribution in [1.82, 2.24) is 14.9 Å². The van der Waals surface area contributed by atoms with Crippen LogP contribution in [-0.4, -0.2) is 53.6 Å². The quantitative estimate of drug-likeness (QED) is 0.761. The van der Waals surface area contributed by atoms with Gasteiger partial charge in [-0.15, -0.1) is 0 Å². The molecule has 2 aliphatic heterocycles. The Hall–Kier alpha value is -2.44. The van der Waals surface area contributed by atoms with E-state index in [1.165, 1.54) is 0 Å². The molecule has 1 amide bonds. The second-order valence-electron chi connectivity index (χ2n) is 6.64. The highest BCUT2D eigenvalue weighted by molar-refractivity contribution is 6.30. The lowest BCUT2D eigenvalue weighted by atomic mass is 10.1. The zero-order valence-corrected chi connectivity index (χ0v) is 15.7. The summed E-state index contributed by atoms with van der Waals surface area (Å²) < 4.78 is 5.39. The first kappa shape index (κ1) is 17.9. The first-order valence-electron chi connectivity index (χ1n) is 9.09. The lowest BCUT2D eigenvalue weighted by molar-refractivity contribution is -0.126. The minimum atomic E-state index is -0.0119. The van der Waals surface area contributed by atoms with E-state index in [1.807, 2.05) is 41.4 Å².